The van der Waals surface area contributed by atoms with Crippen LogP contribution in [0.2, 0.25) is 0 Å². The average Bonchev–Trinajstić information content (AvgIpc) is 3.18. The number of aliphatic imine (C=N–C) groups is 1. The number of nitrogens with zero attached hydrogens (tertiary/aromatic N) is 3. The summed E-state index contributed by atoms with van der Waals surface area (Å²) in [6.45, 7) is 10.5. The molecular weight excluding hydrogens is 490 g/mol. The van der Waals surface area contributed by atoms with E-state index in [-0.39, 0.29) is 11.4 Å². The summed E-state index contributed by atoms with van der Waals surface area (Å²) in [4.78, 5) is 23.5. The number of hydrogen-bond acceptors (Lipinski definition) is 5. The van der Waals surface area contributed by atoms with Gasteiger partial charge >= 0.3 is 0 Å². The van der Waals surface area contributed by atoms with Gasteiger partial charge in [0.25, 0.3) is 5.91 Å². The van der Waals surface area contributed by atoms with E-state index >= 15 is 0 Å². The van der Waals surface area contributed by atoms with Crippen LogP contribution in [0.15, 0.2) is 82.7 Å². The lowest BCUT2D eigenvalue weighted by Gasteiger charge is -2.47. The van der Waals surface area contributed by atoms with Crippen molar-refractivity contribution in [2.45, 2.75) is 52.1 Å². The molecule has 0 spiro atoms. The highest BCUT2D eigenvalue weighted by Crippen LogP contribution is 2.46. The number of para-hydroxylation sites is 1. The number of carbonyl (C=O) groups excluding carboxylic acids is 1. The molecule has 5 rings (SSSR count). The van der Waals surface area contributed by atoms with Crippen LogP contribution in [0, 0.1) is 0 Å². The van der Waals surface area contributed by atoms with E-state index in [1.807, 2.05) is 66.7 Å². The summed E-state index contributed by atoms with van der Waals surface area (Å²) in [5.41, 5.74) is 5.40. The highest BCUT2D eigenvalue weighted by molar-refractivity contribution is 8.18. The summed E-state index contributed by atoms with van der Waals surface area (Å²) in [6, 6.07) is 24.2. The Morgan fingerprint density at radius 1 is 1.08 bits per heavy atom. The summed E-state index contributed by atoms with van der Waals surface area (Å²) < 4.78 is 5.86. The summed E-state index contributed by atoms with van der Waals surface area (Å²) in [5, 5.41) is 0.681. The summed E-state index contributed by atoms with van der Waals surface area (Å²) in [5.74, 6) is 1.14. The molecule has 38 heavy (non-hydrogen) atoms. The predicted molar refractivity (Wildman–Crippen MR) is 159 cm³/mol. The normalized spacial score (nSPS) is 20.8. The average molecular weight is 526 g/mol. The first kappa shape index (κ1) is 26.1. The Balaban J connectivity index is 1.56. The molecule has 2 aliphatic heterocycles. The van der Waals surface area contributed by atoms with Crippen LogP contribution < -0.4 is 9.64 Å². The molecule has 3 aromatic carbocycles. The number of benzene rings is 3. The van der Waals surface area contributed by atoms with Gasteiger partial charge in [-0.05, 0) is 80.3 Å². The molecule has 1 saturated heterocycles. The van der Waals surface area contributed by atoms with Crippen LogP contribution in [-0.4, -0.2) is 35.2 Å². The largest absolute Gasteiger partial charge is 0.496 e. The molecule has 196 valence electrons. The van der Waals surface area contributed by atoms with Gasteiger partial charge in [-0.15, -0.1) is 0 Å². The fourth-order valence-electron chi connectivity index (χ4n) is 5.67. The molecule has 0 aliphatic carbocycles. The van der Waals surface area contributed by atoms with E-state index in [0.717, 1.165) is 35.5 Å². The van der Waals surface area contributed by atoms with Crippen LogP contribution in [0.5, 0.6) is 5.75 Å². The minimum Gasteiger partial charge on any atom is -0.496 e. The maximum Gasteiger partial charge on any atom is 0.267 e. The fraction of sp³-hybridized carbons (Fsp3) is 0.312. The van der Waals surface area contributed by atoms with Crippen LogP contribution >= 0.6 is 11.8 Å². The zero-order valence-corrected chi connectivity index (χ0v) is 23.6. The van der Waals surface area contributed by atoms with Crippen molar-refractivity contribution >= 4 is 40.3 Å². The number of amides is 1. The standard InChI is InChI=1S/C32H35N3O2S/c1-6-35-27-19-28(37-5)24(17-26(27)22(2)20-32(35,3)4)18-29-30(36)34(21-23-13-9-7-10-14-23)31(38-29)33-25-15-11-8-12-16-25/h7-19,22H,6,20-21H2,1-5H3/b29-18+,33-31?. The van der Waals surface area contributed by atoms with Crippen molar-refractivity contribution in [3.8, 4) is 5.75 Å². The maximum atomic E-state index is 13.8. The maximum absolute atomic E-state index is 13.8. The van der Waals surface area contributed by atoms with Gasteiger partial charge in [0.1, 0.15) is 5.75 Å². The Labute approximate surface area is 230 Å². The Bertz CT molecular complexity index is 1380. The van der Waals surface area contributed by atoms with Crippen molar-refractivity contribution in [1.29, 1.82) is 0 Å². The van der Waals surface area contributed by atoms with Crippen molar-refractivity contribution in [2.75, 3.05) is 18.6 Å². The topological polar surface area (TPSA) is 45.1 Å². The molecule has 2 heterocycles. The van der Waals surface area contributed by atoms with Crippen LogP contribution in [0.25, 0.3) is 6.08 Å². The lowest BCUT2D eigenvalue weighted by Crippen LogP contribution is -2.48. The Morgan fingerprint density at radius 2 is 1.76 bits per heavy atom. The Kier molecular flexibility index (Phi) is 7.35. The summed E-state index contributed by atoms with van der Waals surface area (Å²) in [7, 11) is 1.70. The van der Waals surface area contributed by atoms with Crippen LogP contribution in [0.4, 0.5) is 11.4 Å². The van der Waals surface area contributed by atoms with Gasteiger partial charge in [0.2, 0.25) is 0 Å². The van der Waals surface area contributed by atoms with Gasteiger partial charge in [0.15, 0.2) is 5.17 Å². The third kappa shape index (κ3) is 5.10. The summed E-state index contributed by atoms with van der Waals surface area (Å²) in [6.07, 6.45) is 3.04. The second kappa shape index (κ2) is 10.7. The predicted octanol–water partition coefficient (Wildman–Crippen LogP) is 7.61. The van der Waals surface area contributed by atoms with E-state index in [1.54, 1.807) is 12.0 Å². The van der Waals surface area contributed by atoms with Crippen molar-refractivity contribution in [3.05, 3.63) is 94.4 Å². The van der Waals surface area contributed by atoms with Gasteiger partial charge in [-0.25, -0.2) is 4.99 Å². The number of methoxy groups -OCH3 is 1. The highest BCUT2D eigenvalue weighted by atomic mass is 32.2. The van der Waals surface area contributed by atoms with E-state index < -0.39 is 0 Å². The number of thioether (sulfide) groups is 1. The smallest absolute Gasteiger partial charge is 0.267 e. The third-order valence-corrected chi connectivity index (χ3v) is 8.40. The number of carbonyl (C=O) groups is 1. The first-order valence-corrected chi connectivity index (χ1v) is 14.0. The molecule has 1 fully saturated rings. The van der Waals surface area contributed by atoms with Gasteiger partial charge in [0, 0.05) is 29.4 Å². The minimum atomic E-state index is -0.0438. The minimum absolute atomic E-state index is 0.0438. The van der Waals surface area contributed by atoms with Gasteiger partial charge < -0.3 is 9.64 Å². The molecule has 6 heteroatoms. The number of hydrogen-bond donors (Lipinski definition) is 0. The van der Waals surface area contributed by atoms with E-state index in [1.165, 1.54) is 23.0 Å². The molecule has 0 saturated carbocycles. The zero-order chi connectivity index (χ0) is 26.9. The quantitative estimate of drug-likeness (QED) is 0.311. The third-order valence-electron chi connectivity index (χ3n) is 7.39. The van der Waals surface area contributed by atoms with Crippen molar-refractivity contribution in [3.63, 3.8) is 0 Å². The fourth-order valence-corrected chi connectivity index (χ4v) is 6.66. The van der Waals surface area contributed by atoms with E-state index in [0.29, 0.717) is 22.5 Å². The van der Waals surface area contributed by atoms with Crippen LogP contribution in [0.1, 0.15) is 56.7 Å². The molecule has 0 bridgehead atoms. The van der Waals surface area contributed by atoms with E-state index in [4.69, 9.17) is 9.73 Å². The van der Waals surface area contributed by atoms with Crippen molar-refractivity contribution in [2.24, 2.45) is 4.99 Å². The van der Waals surface area contributed by atoms with Gasteiger partial charge in [-0.2, -0.15) is 0 Å². The second-order valence-electron chi connectivity index (χ2n) is 10.5. The number of amidine groups is 1. The molecule has 5 nitrogen and oxygen atoms in total. The molecule has 2 aliphatic rings. The van der Waals surface area contributed by atoms with Crippen LogP contribution in [0.3, 0.4) is 0 Å². The van der Waals surface area contributed by atoms with Crippen LogP contribution in [-0.2, 0) is 11.3 Å². The Morgan fingerprint density at radius 3 is 2.42 bits per heavy atom. The molecule has 1 atom stereocenters. The SMILES string of the molecule is CCN1c2cc(OC)c(/C=C3/SC(=Nc4ccccc4)N(Cc4ccccc4)C3=O)cc2C(C)CC1(C)C. The molecule has 1 amide bonds. The van der Waals surface area contributed by atoms with Crippen molar-refractivity contribution in [1.82, 2.24) is 4.90 Å². The first-order chi connectivity index (χ1) is 18.3. The summed E-state index contributed by atoms with van der Waals surface area (Å²) >= 11 is 1.42. The number of anilines is 1. The zero-order valence-electron chi connectivity index (χ0n) is 22.8. The van der Waals surface area contributed by atoms with Crippen molar-refractivity contribution < 1.29 is 9.53 Å². The molecule has 1 unspecified atom stereocenters. The number of rotatable bonds is 6. The monoisotopic (exact) mass is 525 g/mol. The molecular formula is C32H35N3O2S. The highest BCUT2D eigenvalue weighted by Gasteiger charge is 2.37. The Hall–Kier alpha value is -3.51. The first-order valence-electron chi connectivity index (χ1n) is 13.2. The lowest BCUT2D eigenvalue weighted by atomic mass is 9.79. The molecule has 3 aromatic rings. The molecule has 0 N–H and O–H groups in total. The lowest BCUT2D eigenvalue weighted by molar-refractivity contribution is -0.122. The van der Waals surface area contributed by atoms with Gasteiger partial charge in [-0.3, -0.25) is 9.69 Å². The molecule has 0 aromatic heterocycles. The van der Waals surface area contributed by atoms with E-state index in [2.05, 4.69) is 44.7 Å². The van der Waals surface area contributed by atoms with E-state index in [9.17, 15) is 4.79 Å². The van der Waals surface area contributed by atoms with Gasteiger partial charge in [-0.1, -0.05) is 55.5 Å². The molecule has 0 radical (unpaired) electrons. The van der Waals surface area contributed by atoms with Gasteiger partial charge in [0.05, 0.1) is 24.2 Å². The second-order valence-corrected chi connectivity index (χ2v) is 11.5. The number of ether oxygens (including phenoxy) is 1. The number of fused-ring (bicyclic) bond motifs is 1.